The average molecular weight is 610 g/mol. The van der Waals surface area contributed by atoms with Crippen molar-refractivity contribution < 1.29 is 18.0 Å². The van der Waals surface area contributed by atoms with Gasteiger partial charge in [-0.25, -0.2) is 8.42 Å². The van der Waals surface area contributed by atoms with E-state index >= 15 is 0 Å². The van der Waals surface area contributed by atoms with Crippen LogP contribution < -0.4 is 9.62 Å². The van der Waals surface area contributed by atoms with Gasteiger partial charge in [0.25, 0.3) is 10.0 Å². The summed E-state index contributed by atoms with van der Waals surface area (Å²) < 4.78 is 29.1. The van der Waals surface area contributed by atoms with Crippen molar-refractivity contribution in [1.82, 2.24) is 10.2 Å². The van der Waals surface area contributed by atoms with Crippen molar-refractivity contribution >= 4 is 39.1 Å². The Morgan fingerprint density at radius 3 is 2.24 bits per heavy atom. The van der Waals surface area contributed by atoms with E-state index in [0.29, 0.717) is 11.4 Å². The fourth-order valence-corrected chi connectivity index (χ4v) is 6.93. The van der Waals surface area contributed by atoms with Crippen LogP contribution in [-0.4, -0.2) is 43.8 Å². The molecule has 2 amide bonds. The lowest BCUT2D eigenvalue weighted by Crippen LogP contribution is -2.54. The third-order valence-electron chi connectivity index (χ3n) is 7.86. The van der Waals surface area contributed by atoms with E-state index in [1.54, 1.807) is 30.3 Å². The Kier molecular flexibility index (Phi) is 10.7. The predicted molar refractivity (Wildman–Crippen MR) is 168 cm³/mol. The molecule has 42 heavy (non-hydrogen) atoms. The molecule has 3 aromatic rings. The number of benzene rings is 3. The highest BCUT2D eigenvalue weighted by Crippen LogP contribution is 2.29. The summed E-state index contributed by atoms with van der Waals surface area (Å²) in [6, 6.07) is 20.2. The maximum Gasteiger partial charge on any atom is 0.264 e. The molecule has 1 aliphatic rings. The van der Waals surface area contributed by atoms with E-state index in [1.807, 2.05) is 51.1 Å². The first-order valence-corrected chi connectivity index (χ1v) is 16.4. The van der Waals surface area contributed by atoms with Gasteiger partial charge >= 0.3 is 0 Å². The minimum absolute atomic E-state index is 0.0642. The largest absolute Gasteiger partial charge is 0.352 e. The first-order valence-electron chi connectivity index (χ1n) is 14.6. The van der Waals surface area contributed by atoms with Gasteiger partial charge in [-0.1, -0.05) is 91.9 Å². The molecule has 1 aliphatic carbocycles. The zero-order valence-corrected chi connectivity index (χ0v) is 26.1. The summed E-state index contributed by atoms with van der Waals surface area (Å²) >= 11 is 6.42. The van der Waals surface area contributed by atoms with Gasteiger partial charge in [0, 0.05) is 17.6 Å². The van der Waals surface area contributed by atoms with Crippen molar-refractivity contribution in [3.8, 4) is 0 Å². The molecule has 1 atom stereocenters. The number of rotatable bonds is 11. The highest BCUT2D eigenvalue weighted by Gasteiger charge is 2.34. The van der Waals surface area contributed by atoms with Gasteiger partial charge < -0.3 is 10.2 Å². The van der Waals surface area contributed by atoms with Crippen molar-refractivity contribution in [3.63, 3.8) is 0 Å². The summed E-state index contributed by atoms with van der Waals surface area (Å²) in [5.41, 5.74) is 2.83. The highest BCUT2D eigenvalue weighted by molar-refractivity contribution is 7.92. The van der Waals surface area contributed by atoms with E-state index in [-0.39, 0.29) is 29.1 Å². The Balaban J connectivity index is 1.71. The van der Waals surface area contributed by atoms with Crippen LogP contribution in [0, 0.1) is 13.8 Å². The van der Waals surface area contributed by atoms with Crippen LogP contribution in [0.3, 0.4) is 0 Å². The monoisotopic (exact) mass is 609 g/mol. The zero-order chi connectivity index (χ0) is 30.3. The molecule has 1 saturated carbocycles. The van der Waals surface area contributed by atoms with E-state index < -0.39 is 28.5 Å². The van der Waals surface area contributed by atoms with Crippen molar-refractivity contribution in [2.24, 2.45) is 0 Å². The number of carbonyl (C=O) groups is 2. The third-order valence-corrected chi connectivity index (χ3v) is 10.1. The minimum atomic E-state index is -4.15. The number of nitrogens with one attached hydrogen (secondary N) is 1. The standard InChI is InChI=1S/C33H40ClN3O4S/c1-4-31(33(39)35-27-13-9-6-10-14-27)36(22-26-11-7-5-8-12-26)32(38)23-37(28-18-17-25(3)30(34)21-28)42(40,41)29-19-15-24(2)16-20-29/h5,7-8,11-12,15-21,27,31H,4,6,9-10,13-14,22-23H2,1-3H3,(H,35,39)/t31-/m1/s1. The number of amides is 2. The molecule has 1 N–H and O–H groups in total. The Morgan fingerprint density at radius 2 is 1.62 bits per heavy atom. The number of nitrogens with zero attached hydrogens (tertiary/aromatic N) is 2. The molecule has 0 spiro atoms. The van der Waals surface area contributed by atoms with Gasteiger partial charge in [0.05, 0.1) is 10.6 Å². The van der Waals surface area contributed by atoms with Crippen LogP contribution in [0.5, 0.6) is 0 Å². The van der Waals surface area contributed by atoms with Gasteiger partial charge in [-0.15, -0.1) is 0 Å². The van der Waals surface area contributed by atoms with Crippen LogP contribution in [0.4, 0.5) is 5.69 Å². The van der Waals surface area contributed by atoms with Crippen LogP contribution >= 0.6 is 11.6 Å². The molecule has 0 heterocycles. The molecule has 3 aromatic carbocycles. The summed E-state index contributed by atoms with van der Waals surface area (Å²) in [4.78, 5) is 29.4. The van der Waals surface area contributed by atoms with E-state index in [9.17, 15) is 18.0 Å². The van der Waals surface area contributed by atoms with Gasteiger partial charge in [0.2, 0.25) is 11.8 Å². The molecule has 1 fully saturated rings. The molecule has 0 aliphatic heterocycles. The number of anilines is 1. The molecule has 0 bridgehead atoms. The summed E-state index contributed by atoms with van der Waals surface area (Å²) in [5, 5.41) is 3.56. The van der Waals surface area contributed by atoms with Crippen LogP contribution in [0.15, 0.2) is 77.7 Å². The lowest BCUT2D eigenvalue weighted by molar-refractivity contribution is -0.140. The van der Waals surface area contributed by atoms with Crippen LogP contribution in [0.2, 0.25) is 5.02 Å². The molecular weight excluding hydrogens is 570 g/mol. The predicted octanol–water partition coefficient (Wildman–Crippen LogP) is 6.41. The Morgan fingerprint density at radius 1 is 0.952 bits per heavy atom. The molecule has 0 unspecified atom stereocenters. The van der Waals surface area contributed by atoms with E-state index in [2.05, 4.69) is 5.32 Å². The number of carbonyl (C=O) groups excluding carboxylic acids is 2. The van der Waals surface area contributed by atoms with Crippen molar-refractivity contribution in [2.75, 3.05) is 10.8 Å². The Labute approximate surface area is 254 Å². The SMILES string of the molecule is CC[C@H](C(=O)NC1CCCCC1)N(Cc1ccccc1)C(=O)CN(c1ccc(C)c(Cl)c1)S(=O)(=O)c1ccc(C)cc1. The lowest BCUT2D eigenvalue weighted by Gasteiger charge is -2.34. The van der Waals surface area contributed by atoms with Crippen LogP contribution in [0.1, 0.15) is 62.1 Å². The molecule has 0 radical (unpaired) electrons. The van der Waals surface area contributed by atoms with Gasteiger partial charge in [-0.3, -0.25) is 13.9 Å². The molecular formula is C33H40ClN3O4S. The Bertz CT molecular complexity index is 1470. The van der Waals surface area contributed by atoms with Crippen molar-refractivity contribution in [1.29, 1.82) is 0 Å². The topological polar surface area (TPSA) is 86.8 Å². The first kappa shape index (κ1) is 31.6. The summed E-state index contributed by atoms with van der Waals surface area (Å²) in [6.07, 6.45) is 5.53. The van der Waals surface area contributed by atoms with Gasteiger partial charge in [0.15, 0.2) is 0 Å². The number of sulfonamides is 1. The molecule has 9 heteroatoms. The summed E-state index contributed by atoms with van der Waals surface area (Å²) in [6.45, 7) is 5.26. The van der Waals surface area contributed by atoms with Crippen LogP contribution in [-0.2, 0) is 26.2 Å². The number of hydrogen-bond donors (Lipinski definition) is 1. The molecule has 7 nitrogen and oxygen atoms in total. The van der Waals surface area contributed by atoms with Gasteiger partial charge in [-0.05, 0) is 68.5 Å². The van der Waals surface area contributed by atoms with Gasteiger partial charge in [0.1, 0.15) is 12.6 Å². The third kappa shape index (κ3) is 7.72. The minimum Gasteiger partial charge on any atom is -0.352 e. The maximum absolute atomic E-state index is 14.2. The number of halogens is 1. The second kappa shape index (κ2) is 14.2. The quantitative estimate of drug-likeness (QED) is 0.272. The number of hydrogen-bond acceptors (Lipinski definition) is 4. The summed E-state index contributed by atoms with van der Waals surface area (Å²) in [5.74, 6) is -0.683. The molecule has 0 aromatic heterocycles. The van der Waals surface area contributed by atoms with Crippen molar-refractivity contribution in [3.05, 3.63) is 94.5 Å². The van der Waals surface area contributed by atoms with Crippen LogP contribution in [0.25, 0.3) is 0 Å². The van der Waals surface area contributed by atoms with E-state index in [0.717, 1.165) is 53.1 Å². The second-order valence-electron chi connectivity index (χ2n) is 11.0. The second-order valence-corrected chi connectivity index (χ2v) is 13.3. The molecule has 224 valence electrons. The fourth-order valence-electron chi connectivity index (χ4n) is 5.35. The molecule has 0 saturated heterocycles. The molecule has 4 rings (SSSR count). The highest BCUT2D eigenvalue weighted by atomic mass is 35.5. The summed E-state index contributed by atoms with van der Waals surface area (Å²) in [7, 11) is -4.15. The van der Waals surface area contributed by atoms with Crippen molar-refractivity contribution in [2.45, 2.75) is 82.8 Å². The average Bonchev–Trinajstić information content (AvgIpc) is 2.98. The fraction of sp³-hybridized carbons (Fsp3) is 0.394. The smallest absolute Gasteiger partial charge is 0.264 e. The zero-order valence-electron chi connectivity index (χ0n) is 24.6. The van der Waals surface area contributed by atoms with Gasteiger partial charge in [-0.2, -0.15) is 0 Å². The maximum atomic E-state index is 14.2. The van der Waals surface area contributed by atoms with E-state index in [4.69, 9.17) is 11.6 Å². The normalized spacial score (nSPS) is 14.7. The lowest BCUT2D eigenvalue weighted by atomic mass is 9.95. The van der Waals surface area contributed by atoms with E-state index in [1.165, 1.54) is 17.0 Å². The Hall–Kier alpha value is -3.36. The number of aryl methyl sites for hydroxylation is 2. The first-order chi connectivity index (χ1) is 20.1.